The van der Waals surface area contributed by atoms with Crippen molar-refractivity contribution in [3.05, 3.63) is 65.2 Å². The second-order valence-corrected chi connectivity index (χ2v) is 8.18. The van der Waals surface area contributed by atoms with E-state index in [1.807, 2.05) is 55.1 Å². The Balaban J connectivity index is 1.57. The van der Waals surface area contributed by atoms with Crippen LogP contribution < -0.4 is 10.1 Å². The highest BCUT2D eigenvalue weighted by molar-refractivity contribution is 7.99. The molecule has 0 unspecified atom stereocenters. The number of rotatable bonds is 7. The summed E-state index contributed by atoms with van der Waals surface area (Å²) in [7, 11) is 1.63. The zero-order valence-corrected chi connectivity index (χ0v) is 17.3. The number of anilines is 1. The third-order valence-electron chi connectivity index (χ3n) is 4.65. The van der Waals surface area contributed by atoms with Crippen LogP contribution in [0.3, 0.4) is 0 Å². The first-order chi connectivity index (χ1) is 13.6. The fourth-order valence-electron chi connectivity index (χ4n) is 3.13. The predicted molar refractivity (Wildman–Crippen MR) is 117 cm³/mol. The van der Waals surface area contributed by atoms with Crippen molar-refractivity contribution in [1.29, 1.82) is 0 Å². The second-order valence-electron chi connectivity index (χ2n) is 6.89. The lowest BCUT2D eigenvalue weighted by molar-refractivity contribution is -0.111. The fraction of sp³-hybridized carbons (Fsp3) is 0.348. The predicted octanol–water partition coefficient (Wildman–Crippen LogP) is 5.07. The first-order valence-electron chi connectivity index (χ1n) is 9.56. The van der Waals surface area contributed by atoms with E-state index in [0.717, 1.165) is 54.4 Å². The van der Waals surface area contributed by atoms with E-state index in [2.05, 4.69) is 11.4 Å². The molecule has 4 nitrogen and oxygen atoms in total. The Bertz CT molecular complexity index is 828. The summed E-state index contributed by atoms with van der Waals surface area (Å²) >= 11 is 1.97. The van der Waals surface area contributed by atoms with Crippen molar-refractivity contribution < 1.29 is 14.3 Å². The van der Waals surface area contributed by atoms with Gasteiger partial charge in [0.1, 0.15) is 5.75 Å². The van der Waals surface area contributed by atoms with Gasteiger partial charge in [0, 0.05) is 41.5 Å². The van der Waals surface area contributed by atoms with Crippen LogP contribution in [0.2, 0.25) is 0 Å². The number of carbonyl (C=O) groups is 1. The minimum atomic E-state index is -0.155. The lowest BCUT2D eigenvalue weighted by Gasteiger charge is -2.21. The molecule has 2 aromatic rings. The van der Waals surface area contributed by atoms with E-state index in [0.29, 0.717) is 5.25 Å². The van der Waals surface area contributed by atoms with Gasteiger partial charge >= 0.3 is 0 Å². The molecular weight excluding hydrogens is 370 g/mol. The maximum absolute atomic E-state index is 12.3. The van der Waals surface area contributed by atoms with Crippen LogP contribution in [-0.2, 0) is 15.3 Å². The van der Waals surface area contributed by atoms with Crippen molar-refractivity contribution in [3.63, 3.8) is 0 Å². The highest BCUT2D eigenvalue weighted by Crippen LogP contribution is 2.26. The summed E-state index contributed by atoms with van der Waals surface area (Å²) in [5, 5.41) is 3.61. The highest BCUT2D eigenvalue weighted by Gasteiger charge is 2.14. The van der Waals surface area contributed by atoms with Crippen molar-refractivity contribution in [2.24, 2.45) is 0 Å². The van der Waals surface area contributed by atoms with Crippen LogP contribution in [0.4, 0.5) is 5.69 Å². The Kier molecular flexibility index (Phi) is 7.57. The Labute approximate surface area is 171 Å². The lowest BCUT2D eigenvalue weighted by atomic mass is 10.1. The Hall–Kier alpha value is -2.24. The van der Waals surface area contributed by atoms with E-state index in [4.69, 9.17) is 9.47 Å². The third-order valence-corrected chi connectivity index (χ3v) is 6.09. The van der Waals surface area contributed by atoms with Crippen LogP contribution in [0.25, 0.3) is 6.08 Å². The average molecular weight is 398 g/mol. The second kappa shape index (κ2) is 10.3. The van der Waals surface area contributed by atoms with E-state index in [-0.39, 0.29) is 5.91 Å². The minimum Gasteiger partial charge on any atom is -0.496 e. The molecular formula is C23H27NO3S. The van der Waals surface area contributed by atoms with Gasteiger partial charge in [0.05, 0.1) is 7.11 Å². The lowest BCUT2D eigenvalue weighted by Crippen LogP contribution is -2.17. The molecule has 0 aliphatic carbocycles. The van der Waals surface area contributed by atoms with Gasteiger partial charge in [0.25, 0.3) is 0 Å². The van der Waals surface area contributed by atoms with E-state index in [1.54, 1.807) is 19.3 Å². The summed E-state index contributed by atoms with van der Waals surface area (Å²) in [4.78, 5) is 12.3. The molecule has 1 saturated heterocycles. The topological polar surface area (TPSA) is 47.6 Å². The summed E-state index contributed by atoms with van der Waals surface area (Å²) in [5.41, 5.74) is 4.05. The standard InChI is InChI=1S/C23H27NO3S/c1-17-6-8-22(26-2)19(14-17)7-9-23(25)24-20-5-3-4-18(15-20)16-28-21-10-12-27-13-11-21/h3-9,14-15,21H,10-13,16H2,1-2H3,(H,24,25)/b9-7+. The Morgan fingerprint density at radius 3 is 2.86 bits per heavy atom. The van der Waals surface area contributed by atoms with E-state index >= 15 is 0 Å². The van der Waals surface area contributed by atoms with Gasteiger partial charge in [-0.25, -0.2) is 0 Å². The highest BCUT2D eigenvalue weighted by atomic mass is 32.2. The van der Waals surface area contributed by atoms with Gasteiger partial charge in [-0.15, -0.1) is 0 Å². The van der Waals surface area contributed by atoms with Crippen LogP contribution in [0.5, 0.6) is 5.75 Å². The molecule has 1 aliphatic heterocycles. The summed E-state index contributed by atoms with van der Waals surface area (Å²) in [5.74, 6) is 1.55. The largest absolute Gasteiger partial charge is 0.496 e. The number of benzene rings is 2. The number of ether oxygens (including phenoxy) is 2. The van der Waals surface area contributed by atoms with Crippen molar-refractivity contribution in [3.8, 4) is 5.75 Å². The molecule has 0 radical (unpaired) electrons. The molecule has 1 N–H and O–H groups in total. The Morgan fingerprint density at radius 1 is 1.25 bits per heavy atom. The molecule has 0 saturated carbocycles. The quantitative estimate of drug-likeness (QED) is 0.663. The summed E-state index contributed by atoms with van der Waals surface area (Å²) < 4.78 is 10.8. The summed E-state index contributed by atoms with van der Waals surface area (Å²) in [6.45, 7) is 3.75. The van der Waals surface area contributed by atoms with Gasteiger partial charge < -0.3 is 14.8 Å². The third kappa shape index (κ3) is 6.14. The number of hydrogen-bond acceptors (Lipinski definition) is 4. The number of hydrogen-bond donors (Lipinski definition) is 1. The molecule has 1 amide bonds. The normalized spacial score (nSPS) is 14.9. The maximum Gasteiger partial charge on any atom is 0.248 e. The average Bonchev–Trinajstić information content (AvgIpc) is 2.72. The molecule has 5 heteroatoms. The number of nitrogens with one attached hydrogen (secondary N) is 1. The molecule has 0 bridgehead atoms. The molecule has 148 valence electrons. The van der Waals surface area contributed by atoms with Crippen molar-refractivity contribution in [2.45, 2.75) is 30.8 Å². The van der Waals surface area contributed by atoms with Crippen LogP contribution in [-0.4, -0.2) is 31.5 Å². The zero-order valence-electron chi connectivity index (χ0n) is 16.4. The van der Waals surface area contributed by atoms with Crippen LogP contribution in [0.1, 0.15) is 29.5 Å². The molecule has 3 rings (SSSR count). The van der Waals surface area contributed by atoms with Gasteiger partial charge in [0.2, 0.25) is 5.91 Å². The molecule has 1 heterocycles. The van der Waals surface area contributed by atoms with Crippen molar-refractivity contribution >= 4 is 29.4 Å². The molecule has 2 aromatic carbocycles. The first-order valence-corrected chi connectivity index (χ1v) is 10.6. The van der Waals surface area contributed by atoms with Gasteiger partial charge in [-0.05, 0) is 55.7 Å². The van der Waals surface area contributed by atoms with Crippen LogP contribution in [0.15, 0.2) is 48.5 Å². The maximum atomic E-state index is 12.3. The van der Waals surface area contributed by atoms with Gasteiger partial charge in [-0.2, -0.15) is 11.8 Å². The first kappa shape index (κ1) is 20.5. The minimum absolute atomic E-state index is 0.155. The number of aryl methyl sites for hydroxylation is 1. The smallest absolute Gasteiger partial charge is 0.248 e. The monoisotopic (exact) mass is 397 g/mol. The zero-order chi connectivity index (χ0) is 19.8. The molecule has 0 aromatic heterocycles. The number of carbonyl (C=O) groups excluding carboxylic acids is 1. The van der Waals surface area contributed by atoms with Crippen LogP contribution >= 0.6 is 11.8 Å². The van der Waals surface area contributed by atoms with Gasteiger partial charge in [-0.3, -0.25) is 4.79 Å². The van der Waals surface area contributed by atoms with Crippen molar-refractivity contribution in [2.75, 3.05) is 25.6 Å². The number of methoxy groups -OCH3 is 1. The fourth-order valence-corrected chi connectivity index (χ4v) is 4.26. The Morgan fingerprint density at radius 2 is 2.07 bits per heavy atom. The van der Waals surface area contributed by atoms with Gasteiger partial charge in [0.15, 0.2) is 0 Å². The molecule has 28 heavy (non-hydrogen) atoms. The number of amides is 1. The summed E-state index contributed by atoms with van der Waals surface area (Å²) in [6.07, 6.45) is 5.56. The molecule has 1 aliphatic rings. The van der Waals surface area contributed by atoms with E-state index < -0.39 is 0 Å². The van der Waals surface area contributed by atoms with E-state index in [9.17, 15) is 4.79 Å². The van der Waals surface area contributed by atoms with Gasteiger partial charge in [-0.1, -0.05) is 23.8 Å². The molecule has 0 atom stereocenters. The van der Waals surface area contributed by atoms with E-state index in [1.165, 1.54) is 5.56 Å². The number of thioether (sulfide) groups is 1. The molecule has 0 spiro atoms. The SMILES string of the molecule is COc1ccc(C)cc1/C=C/C(=O)Nc1cccc(CSC2CCOCC2)c1. The molecule has 1 fully saturated rings. The summed E-state index contributed by atoms with van der Waals surface area (Å²) in [6, 6.07) is 14.0. The van der Waals surface area contributed by atoms with Crippen LogP contribution in [0, 0.1) is 6.92 Å². The van der Waals surface area contributed by atoms with Crippen molar-refractivity contribution in [1.82, 2.24) is 0 Å².